The van der Waals surface area contributed by atoms with Crippen molar-refractivity contribution >= 4 is 29.3 Å². The minimum Gasteiger partial charge on any atom is -0.460 e. The lowest BCUT2D eigenvalue weighted by molar-refractivity contribution is -0.156. The lowest BCUT2D eigenvalue weighted by Gasteiger charge is -2.25. The number of hydrogen-bond acceptors (Lipinski definition) is 6. The van der Waals surface area contributed by atoms with Crippen LogP contribution in [0.1, 0.15) is 43.6 Å². The van der Waals surface area contributed by atoms with Crippen LogP contribution in [0.4, 0.5) is 4.79 Å². The Kier molecular flexibility index (Phi) is 6.37. The van der Waals surface area contributed by atoms with E-state index in [1.54, 1.807) is 26.8 Å². The van der Waals surface area contributed by atoms with Gasteiger partial charge in [0, 0.05) is 4.88 Å². The largest absolute Gasteiger partial charge is 0.460 e. The predicted octanol–water partition coefficient (Wildman–Crippen LogP) is 4.15. The maximum atomic E-state index is 13.4. The van der Waals surface area contributed by atoms with E-state index in [4.69, 9.17) is 9.47 Å². The highest BCUT2D eigenvalue weighted by Crippen LogP contribution is 2.31. The molecule has 0 spiro atoms. The number of thiophene rings is 1. The molecule has 0 N–H and O–H groups in total. The number of amides is 2. The second kappa shape index (κ2) is 8.78. The molecule has 2 amide bonds. The van der Waals surface area contributed by atoms with Crippen molar-refractivity contribution in [3.05, 3.63) is 58.3 Å². The summed E-state index contributed by atoms with van der Waals surface area (Å²) in [5.41, 5.74) is 0.358. The maximum absolute atomic E-state index is 13.4. The Morgan fingerprint density at radius 1 is 1.21 bits per heavy atom. The highest BCUT2D eigenvalue weighted by Gasteiger charge is 2.42. The van der Waals surface area contributed by atoms with Crippen LogP contribution in [-0.2, 0) is 25.5 Å². The summed E-state index contributed by atoms with van der Waals surface area (Å²) < 4.78 is 10.6. The van der Waals surface area contributed by atoms with Gasteiger partial charge >= 0.3 is 12.1 Å². The number of imide groups is 1. The lowest BCUT2D eigenvalue weighted by atomic mass is 9.99. The molecule has 1 aliphatic heterocycles. The fourth-order valence-corrected chi connectivity index (χ4v) is 4.10. The van der Waals surface area contributed by atoms with Gasteiger partial charge in [-0.2, -0.15) is 0 Å². The van der Waals surface area contributed by atoms with E-state index in [0.29, 0.717) is 6.42 Å². The van der Waals surface area contributed by atoms with Gasteiger partial charge in [-0.05, 0) is 44.2 Å². The van der Waals surface area contributed by atoms with Crippen molar-refractivity contribution in [2.24, 2.45) is 0 Å². The Hall–Kier alpha value is -2.67. The Morgan fingerprint density at radius 2 is 1.93 bits per heavy atom. The number of esters is 1. The number of cyclic esters (lactones) is 1. The quantitative estimate of drug-likeness (QED) is 0.663. The number of benzene rings is 1. The molecule has 6 nitrogen and oxygen atoms in total. The van der Waals surface area contributed by atoms with Crippen molar-refractivity contribution in [3.8, 4) is 0 Å². The van der Waals surface area contributed by atoms with Crippen molar-refractivity contribution in [1.29, 1.82) is 0 Å². The van der Waals surface area contributed by atoms with Crippen LogP contribution in [0.3, 0.4) is 0 Å². The number of carbonyl (C=O) groups excluding carboxylic acids is 3. The third-order valence-electron chi connectivity index (χ3n) is 4.49. The summed E-state index contributed by atoms with van der Waals surface area (Å²) in [5.74, 6) is -1.69. The Bertz CT molecular complexity index is 857. The minimum atomic E-state index is -0.784. The molecule has 0 saturated carbocycles. The highest BCUT2D eigenvalue weighted by atomic mass is 32.1. The van der Waals surface area contributed by atoms with Crippen molar-refractivity contribution in [2.75, 3.05) is 6.61 Å². The monoisotopic (exact) mass is 415 g/mol. The van der Waals surface area contributed by atoms with Crippen LogP contribution in [0, 0.1) is 0 Å². The summed E-state index contributed by atoms with van der Waals surface area (Å²) in [6, 6.07) is 12.8. The lowest BCUT2D eigenvalue weighted by Crippen LogP contribution is -2.43. The summed E-state index contributed by atoms with van der Waals surface area (Å²) in [6.45, 7) is 5.48. The number of ether oxygens (including phenoxy) is 2. The van der Waals surface area contributed by atoms with Gasteiger partial charge in [0.25, 0.3) is 0 Å². The van der Waals surface area contributed by atoms with E-state index < -0.39 is 35.5 Å². The van der Waals surface area contributed by atoms with Gasteiger partial charge in [0.1, 0.15) is 12.2 Å². The number of hydrogen-bond donors (Lipinski definition) is 0. The van der Waals surface area contributed by atoms with E-state index in [0.717, 1.165) is 10.4 Å². The molecule has 0 unspecified atom stereocenters. The molecule has 1 fully saturated rings. The van der Waals surface area contributed by atoms with Gasteiger partial charge in [-0.15, -0.1) is 11.3 Å². The van der Waals surface area contributed by atoms with Crippen molar-refractivity contribution in [2.45, 2.75) is 51.2 Å². The molecule has 1 aromatic heterocycles. The first-order valence-electron chi connectivity index (χ1n) is 9.53. The zero-order chi connectivity index (χ0) is 21.0. The fraction of sp³-hybridized carbons (Fsp3) is 0.409. The Labute approximate surface area is 174 Å². The van der Waals surface area contributed by atoms with E-state index in [2.05, 4.69) is 0 Å². The smallest absolute Gasteiger partial charge is 0.417 e. The molecule has 0 radical (unpaired) electrons. The average Bonchev–Trinajstić information content (AvgIpc) is 3.29. The predicted molar refractivity (Wildman–Crippen MR) is 110 cm³/mol. The van der Waals surface area contributed by atoms with Gasteiger partial charge in [-0.3, -0.25) is 9.59 Å². The zero-order valence-corrected chi connectivity index (χ0v) is 17.6. The summed E-state index contributed by atoms with van der Waals surface area (Å²) in [7, 11) is 0. The fourth-order valence-electron chi connectivity index (χ4n) is 3.28. The molecule has 154 valence electrons. The second-order valence-corrected chi connectivity index (χ2v) is 8.97. The first kappa shape index (κ1) is 21.0. The van der Waals surface area contributed by atoms with Crippen LogP contribution in [0.25, 0.3) is 0 Å². The van der Waals surface area contributed by atoms with Crippen LogP contribution >= 0.6 is 11.3 Å². The summed E-state index contributed by atoms with van der Waals surface area (Å²) in [5, 5.41) is 1.84. The van der Waals surface area contributed by atoms with E-state index in [1.165, 1.54) is 16.2 Å². The summed E-state index contributed by atoms with van der Waals surface area (Å²) in [6.07, 6.45) is -0.290. The van der Waals surface area contributed by atoms with Gasteiger partial charge in [0.15, 0.2) is 0 Å². The molecule has 2 atom stereocenters. The number of carbonyl (C=O) groups is 3. The number of rotatable bonds is 6. The van der Waals surface area contributed by atoms with Gasteiger partial charge in [-0.25, -0.2) is 9.69 Å². The molecule has 29 heavy (non-hydrogen) atoms. The van der Waals surface area contributed by atoms with Gasteiger partial charge in [0.05, 0.1) is 18.4 Å². The van der Waals surface area contributed by atoms with Crippen LogP contribution in [0.5, 0.6) is 0 Å². The third kappa shape index (κ3) is 5.44. The standard InChI is InChI=1S/C22H25NO5S/c1-22(2,3)28-19(24)13-17(18-10-7-11-29-18)20(25)23-16(14-27-21(23)26)12-15-8-5-4-6-9-15/h4-11,16-17H,12-14H2,1-3H3/t16-,17-/m0/s1. The topological polar surface area (TPSA) is 72.9 Å². The molecular weight excluding hydrogens is 390 g/mol. The minimum absolute atomic E-state index is 0.127. The van der Waals surface area contributed by atoms with E-state index in [9.17, 15) is 14.4 Å². The zero-order valence-electron chi connectivity index (χ0n) is 16.8. The SMILES string of the molecule is CC(C)(C)OC(=O)C[C@H](C(=O)N1C(=O)OC[C@@H]1Cc1ccccc1)c1cccs1. The number of nitrogens with zero attached hydrogens (tertiary/aromatic N) is 1. The Balaban J connectivity index is 1.81. The van der Waals surface area contributed by atoms with Gasteiger partial charge < -0.3 is 9.47 Å². The molecule has 0 bridgehead atoms. The van der Waals surface area contributed by atoms with Gasteiger partial charge in [0.2, 0.25) is 5.91 Å². The molecule has 2 aromatic rings. The van der Waals surface area contributed by atoms with Crippen molar-refractivity contribution in [1.82, 2.24) is 4.90 Å². The molecule has 1 aliphatic rings. The molecule has 7 heteroatoms. The van der Waals surface area contributed by atoms with Crippen LogP contribution in [-0.4, -0.2) is 41.1 Å². The summed E-state index contributed by atoms with van der Waals surface area (Å²) >= 11 is 1.38. The molecular formula is C22H25NO5S. The van der Waals surface area contributed by atoms with Crippen molar-refractivity contribution in [3.63, 3.8) is 0 Å². The normalized spacial score (nSPS) is 17.7. The third-order valence-corrected chi connectivity index (χ3v) is 5.47. The molecule has 2 heterocycles. The van der Waals surface area contributed by atoms with Gasteiger partial charge in [-0.1, -0.05) is 36.4 Å². The molecule has 3 rings (SSSR count). The van der Waals surface area contributed by atoms with Crippen molar-refractivity contribution < 1.29 is 23.9 Å². The van der Waals surface area contributed by atoms with Crippen LogP contribution in [0.15, 0.2) is 47.8 Å². The maximum Gasteiger partial charge on any atom is 0.417 e. The first-order valence-corrected chi connectivity index (χ1v) is 10.4. The average molecular weight is 416 g/mol. The highest BCUT2D eigenvalue weighted by molar-refractivity contribution is 7.10. The summed E-state index contributed by atoms with van der Waals surface area (Å²) in [4.78, 5) is 40.1. The molecule has 1 aromatic carbocycles. The van der Waals surface area contributed by atoms with Crippen LogP contribution in [0.2, 0.25) is 0 Å². The second-order valence-electron chi connectivity index (χ2n) is 7.99. The van der Waals surface area contributed by atoms with E-state index >= 15 is 0 Å². The molecule has 0 aliphatic carbocycles. The van der Waals surface area contributed by atoms with E-state index in [-0.39, 0.29) is 13.0 Å². The van der Waals surface area contributed by atoms with Crippen LogP contribution < -0.4 is 0 Å². The molecule has 1 saturated heterocycles. The Morgan fingerprint density at radius 3 is 2.55 bits per heavy atom. The van der Waals surface area contributed by atoms with E-state index in [1.807, 2.05) is 41.8 Å². The first-order chi connectivity index (χ1) is 13.7.